The second-order valence-electron chi connectivity index (χ2n) is 5.53. The van der Waals surface area contributed by atoms with Crippen molar-refractivity contribution in [1.29, 1.82) is 0 Å². The molecule has 0 aliphatic carbocycles. The highest BCUT2D eigenvalue weighted by Crippen LogP contribution is 2.34. The van der Waals surface area contributed by atoms with Gasteiger partial charge in [-0.15, -0.1) is 0 Å². The summed E-state index contributed by atoms with van der Waals surface area (Å²) in [6.07, 6.45) is 3.87. The van der Waals surface area contributed by atoms with E-state index in [4.69, 9.17) is 4.74 Å². The minimum Gasteiger partial charge on any atom is -0.492 e. The van der Waals surface area contributed by atoms with Gasteiger partial charge in [0, 0.05) is 11.8 Å². The molecule has 0 bridgehead atoms. The number of anilines is 1. The van der Waals surface area contributed by atoms with E-state index in [0.29, 0.717) is 23.3 Å². The molecule has 0 aliphatic heterocycles. The van der Waals surface area contributed by atoms with Gasteiger partial charge in [-0.1, -0.05) is 13.0 Å². The molecule has 0 atom stereocenters. The number of hydrogen-bond acceptors (Lipinski definition) is 4. The normalized spacial score (nSPS) is 11.6. The van der Waals surface area contributed by atoms with E-state index in [1.54, 1.807) is 29.8 Å². The molecule has 0 amide bonds. The first-order valence-corrected chi connectivity index (χ1v) is 9.41. The van der Waals surface area contributed by atoms with Crippen molar-refractivity contribution in [3.05, 3.63) is 48.5 Å². The van der Waals surface area contributed by atoms with Crippen molar-refractivity contribution in [3.8, 4) is 17.0 Å². The van der Waals surface area contributed by atoms with Crippen LogP contribution in [0.5, 0.6) is 5.75 Å². The lowest BCUT2D eigenvalue weighted by molar-refractivity contribution is 0.389. The van der Waals surface area contributed by atoms with Crippen LogP contribution in [0.15, 0.2) is 42.7 Å². The molecule has 1 aromatic carbocycles. The van der Waals surface area contributed by atoms with Gasteiger partial charge in [0.1, 0.15) is 5.65 Å². The Balaban J connectivity index is 2.13. The fourth-order valence-electron chi connectivity index (χ4n) is 2.66. The van der Waals surface area contributed by atoms with Crippen LogP contribution in [0, 0.1) is 5.82 Å². The molecular weight excluding hydrogens is 345 g/mol. The van der Waals surface area contributed by atoms with Crippen LogP contribution >= 0.6 is 0 Å². The topological polar surface area (TPSA) is 72.7 Å². The first kappa shape index (κ1) is 17.2. The van der Waals surface area contributed by atoms with Crippen LogP contribution < -0.4 is 9.46 Å². The lowest BCUT2D eigenvalue weighted by atomic mass is 10.1. The molecule has 0 saturated heterocycles. The van der Waals surface area contributed by atoms with Crippen LogP contribution in [-0.4, -0.2) is 30.7 Å². The van der Waals surface area contributed by atoms with Gasteiger partial charge in [-0.05, 0) is 30.7 Å². The Morgan fingerprint density at radius 3 is 2.84 bits per heavy atom. The third kappa shape index (κ3) is 3.43. The van der Waals surface area contributed by atoms with Crippen molar-refractivity contribution in [2.24, 2.45) is 0 Å². The smallest absolute Gasteiger partial charge is 0.232 e. The molecule has 3 rings (SSSR count). The highest BCUT2D eigenvalue weighted by molar-refractivity contribution is 7.92. The molecular formula is C17H18FN3O3S. The molecule has 8 heteroatoms. The zero-order valence-corrected chi connectivity index (χ0v) is 14.7. The van der Waals surface area contributed by atoms with Gasteiger partial charge in [0.25, 0.3) is 0 Å². The zero-order valence-electron chi connectivity index (χ0n) is 13.9. The number of methoxy groups -OCH3 is 1. The van der Waals surface area contributed by atoms with Crippen molar-refractivity contribution in [2.75, 3.05) is 17.6 Å². The summed E-state index contributed by atoms with van der Waals surface area (Å²) in [5.74, 6) is -0.852. The van der Waals surface area contributed by atoms with Crippen LogP contribution in [-0.2, 0) is 10.0 Å². The van der Waals surface area contributed by atoms with E-state index in [1.807, 2.05) is 18.2 Å². The monoisotopic (exact) mass is 363 g/mol. The number of rotatable bonds is 6. The number of fused-ring (bicyclic) bond motifs is 1. The van der Waals surface area contributed by atoms with Crippen molar-refractivity contribution in [1.82, 2.24) is 9.38 Å². The minimum atomic E-state index is -3.58. The highest BCUT2D eigenvalue weighted by Gasteiger charge is 2.19. The van der Waals surface area contributed by atoms with Gasteiger partial charge in [-0.3, -0.25) is 9.12 Å². The van der Waals surface area contributed by atoms with E-state index in [9.17, 15) is 12.8 Å². The van der Waals surface area contributed by atoms with E-state index in [2.05, 4.69) is 9.71 Å². The van der Waals surface area contributed by atoms with Gasteiger partial charge < -0.3 is 4.74 Å². The van der Waals surface area contributed by atoms with Gasteiger partial charge in [0.2, 0.25) is 10.0 Å². The maximum atomic E-state index is 14.5. The number of aromatic nitrogens is 2. The third-order valence-corrected chi connectivity index (χ3v) is 5.18. The van der Waals surface area contributed by atoms with Crippen LogP contribution in [0.25, 0.3) is 16.9 Å². The average Bonchev–Trinajstić information content (AvgIpc) is 2.98. The lowest BCUT2D eigenvalue weighted by Crippen LogP contribution is -2.17. The SMILES string of the molecule is CCCS(=O)(=O)Nc1cc(-c2cnc3ccccn23)cc(F)c1OC. The molecule has 0 unspecified atom stereocenters. The van der Waals surface area contributed by atoms with Crippen LogP contribution in [0.3, 0.4) is 0 Å². The van der Waals surface area contributed by atoms with Crippen molar-refractivity contribution >= 4 is 21.4 Å². The first-order valence-electron chi connectivity index (χ1n) is 7.75. The third-order valence-electron chi connectivity index (χ3n) is 3.70. The van der Waals surface area contributed by atoms with Crippen LogP contribution in [0.1, 0.15) is 13.3 Å². The molecule has 2 aromatic heterocycles. The van der Waals surface area contributed by atoms with Crippen LogP contribution in [0.4, 0.5) is 10.1 Å². The summed E-state index contributed by atoms with van der Waals surface area (Å²) < 4.78 is 47.9. The van der Waals surface area contributed by atoms with E-state index in [-0.39, 0.29) is 17.2 Å². The van der Waals surface area contributed by atoms with E-state index >= 15 is 0 Å². The molecule has 0 fully saturated rings. The number of benzene rings is 1. The van der Waals surface area contributed by atoms with Gasteiger partial charge in [-0.25, -0.2) is 17.8 Å². The second-order valence-corrected chi connectivity index (χ2v) is 7.37. The number of imidazole rings is 1. The summed E-state index contributed by atoms with van der Waals surface area (Å²) in [6.45, 7) is 1.76. The Bertz CT molecular complexity index is 1020. The number of halogens is 1. The second kappa shape index (κ2) is 6.72. The molecule has 25 heavy (non-hydrogen) atoms. The van der Waals surface area contributed by atoms with E-state index in [1.165, 1.54) is 13.2 Å². The highest BCUT2D eigenvalue weighted by atomic mass is 32.2. The number of nitrogens with zero attached hydrogens (tertiary/aromatic N) is 2. The van der Waals surface area contributed by atoms with Crippen molar-refractivity contribution in [3.63, 3.8) is 0 Å². The quantitative estimate of drug-likeness (QED) is 0.729. The Labute approximate surface area is 145 Å². The Kier molecular flexibility index (Phi) is 4.63. The molecule has 1 N–H and O–H groups in total. The molecule has 132 valence electrons. The largest absolute Gasteiger partial charge is 0.492 e. The standard InChI is InChI=1S/C17H18FN3O3S/c1-3-8-25(22,23)20-14-10-12(9-13(18)17(14)24-2)15-11-19-16-6-4-5-7-21(15)16/h4-7,9-11,20H,3,8H2,1-2H3. The lowest BCUT2D eigenvalue weighted by Gasteiger charge is -2.14. The fraction of sp³-hybridized carbons (Fsp3) is 0.235. The molecule has 0 saturated carbocycles. The zero-order chi connectivity index (χ0) is 18.0. The summed E-state index contributed by atoms with van der Waals surface area (Å²) >= 11 is 0. The Hall–Kier alpha value is -2.61. The average molecular weight is 363 g/mol. The summed E-state index contributed by atoms with van der Waals surface area (Å²) in [6, 6.07) is 8.36. The molecule has 0 aliphatic rings. The molecule has 3 aromatic rings. The Morgan fingerprint density at radius 2 is 2.12 bits per heavy atom. The number of nitrogens with one attached hydrogen (secondary N) is 1. The minimum absolute atomic E-state index is 0.0579. The number of hydrogen-bond donors (Lipinski definition) is 1. The summed E-state index contributed by atoms with van der Waals surface area (Å²) in [5.41, 5.74) is 1.91. The number of pyridine rings is 1. The maximum Gasteiger partial charge on any atom is 0.232 e. The van der Waals surface area contributed by atoms with E-state index < -0.39 is 15.8 Å². The molecule has 0 radical (unpaired) electrons. The van der Waals surface area contributed by atoms with Crippen LogP contribution in [0.2, 0.25) is 0 Å². The predicted octanol–water partition coefficient (Wildman–Crippen LogP) is 3.30. The summed E-state index contributed by atoms with van der Waals surface area (Å²) in [4.78, 5) is 4.27. The molecule has 6 nitrogen and oxygen atoms in total. The van der Waals surface area contributed by atoms with E-state index in [0.717, 1.165) is 0 Å². The fourth-order valence-corrected chi connectivity index (χ4v) is 3.78. The van der Waals surface area contributed by atoms with Crippen molar-refractivity contribution < 1.29 is 17.5 Å². The number of sulfonamides is 1. The molecule has 0 spiro atoms. The van der Waals surface area contributed by atoms with Gasteiger partial charge in [-0.2, -0.15) is 0 Å². The summed E-state index contributed by atoms with van der Waals surface area (Å²) in [5, 5.41) is 0. The van der Waals surface area contributed by atoms with Gasteiger partial charge >= 0.3 is 0 Å². The maximum absolute atomic E-state index is 14.5. The summed E-state index contributed by atoms with van der Waals surface area (Å²) in [7, 11) is -2.29. The van der Waals surface area contributed by atoms with Gasteiger partial charge in [0.05, 0.1) is 30.4 Å². The Morgan fingerprint density at radius 1 is 1.32 bits per heavy atom. The molecule has 2 heterocycles. The van der Waals surface area contributed by atoms with Gasteiger partial charge in [0.15, 0.2) is 11.6 Å². The predicted molar refractivity (Wildman–Crippen MR) is 94.8 cm³/mol. The first-order chi connectivity index (χ1) is 11.9. The number of ether oxygens (including phenoxy) is 1. The van der Waals surface area contributed by atoms with Crippen molar-refractivity contribution in [2.45, 2.75) is 13.3 Å².